The molecule has 1 saturated carbocycles. The number of halogens is 1. The highest BCUT2D eigenvalue weighted by atomic mass is 127. The van der Waals surface area contributed by atoms with E-state index in [1.807, 2.05) is 0 Å². The van der Waals surface area contributed by atoms with Gasteiger partial charge in [0.1, 0.15) is 12.4 Å². The minimum Gasteiger partial charge on any atom is -0.491 e. The quantitative estimate of drug-likeness (QED) is 0.189. The molecule has 166 valence electrons. The van der Waals surface area contributed by atoms with Gasteiger partial charge in [-0.2, -0.15) is 0 Å². The van der Waals surface area contributed by atoms with Gasteiger partial charge in [-0.15, -0.1) is 24.0 Å². The summed E-state index contributed by atoms with van der Waals surface area (Å²) in [4.78, 5) is 4.72. The van der Waals surface area contributed by atoms with Gasteiger partial charge in [0.2, 0.25) is 0 Å². The van der Waals surface area contributed by atoms with Crippen LogP contribution in [0.3, 0.4) is 0 Å². The van der Waals surface area contributed by atoms with E-state index in [-0.39, 0.29) is 24.0 Å². The fourth-order valence-electron chi connectivity index (χ4n) is 3.25. The van der Waals surface area contributed by atoms with Crippen LogP contribution in [-0.2, 0) is 16.0 Å². The van der Waals surface area contributed by atoms with Crippen molar-refractivity contribution in [2.24, 2.45) is 4.99 Å². The Balaban J connectivity index is 0.00000420. The number of guanidine groups is 1. The highest BCUT2D eigenvalue weighted by Crippen LogP contribution is 2.22. The number of hydrogen-bond acceptors (Lipinski definition) is 4. The highest BCUT2D eigenvalue weighted by Gasteiger charge is 2.14. The first-order valence-electron chi connectivity index (χ1n) is 10.6. The molecule has 0 saturated heterocycles. The summed E-state index contributed by atoms with van der Waals surface area (Å²) in [7, 11) is 1.68. The van der Waals surface area contributed by atoms with E-state index in [1.165, 1.54) is 31.2 Å². The summed E-state index contributed by atoms with van der Waals surface area (Å²) in [6.07, 6.45) is 6.55. The van der Waals surface area contributed by atoms with Crippen LogP contribution in [0.2, 0.25) is 0 Å². The van der Waals surface area contributed by atoms with Gasteiger partial charge in [0.25, 0.3) is 0 Å². The third kappa shape index (κ3) is 10.5. The maximum atomic E-state index is 5.92. The average molecular weight is 519 g/mol. The lowest BCUT2D eigenvalue weighted by molar-refractivity contribution is 0.0574. The minimum atomic E-state index is 0. The lowest BCUT2D eigenvalue weighted by Gasteiger charge is -2.14. The molecule has 0 unspecified atom stereocenters. The largest absolute Gasteiger partial charge is 0.491 e. The Kier molecular flexibility index (Phi) is 14.1. The van der Waals surface area contributed by atoms with Crippen LogP contribution < -0.4 is 15.4 Å². The number of hydrogen-bond donors (Lipinski definition) is 2. The smallest absolute Gasteiger partial charge is 0.191 e. The van der Waals surface area contributed by atoms with E-state index in [0.717, 1.165) is 43.4 Å². The van der Waals surface area contributed by atoms with Gasteiger partial charge in [0.05, 0.1) is 19.3 Å². The fraction of sp³-hybridized carbons (Fsp3) is 0.682. The topological polar surface area (TPSA) is 64.1 Å². The number of methoxy groups -OCH3 is 1. The Morgan fingerprint density at radius 3 is 2.66 bits per heavy atom. The van der Waals surface area contributed by atoms with Gasteiger partial charge in [0.15, 0.2) is 5.96 Å². The predicted octanol–water partition coefficient (Wildman–Crippen LogP) is 4.04. The van der Waals surface area contributed by atoms with E-state index in [1.54, 1.807) is 7.11 Å². The zero-order valence-corrected chi connectivity index (χ0v) is 20.5. The Morgan fingerprint density at radius 2 is 1.93 bits per heavy atom. The van der Waals surface area contributed by atoms with E-state index < -0.39 is 0 Å². The molecular formula is C22H38IN3O3. The average Bonchev–Trinajstić information content (AvgIpc) is 3.20. The Morgan fingerprint density at radius 1 is 1.14 bits per heavy atom. The SMILES string of the molecule is CCNC(=NCc1ccc(C)cc1OCCOC)NCCCOC1CCCC1.I. The van der Waals surface area contributed by atoms with Gasteiger partial charge in [0, 0.05) is 32.4 Å². The summed E-state index contributed by atoms with van der Waals surface area (Å²) in [6, 6.07) is 6.23. The van der Waals surface area contributed by atoms with Crippen molar-refractivity contribution in [3.05, 3.63) is 29.3 Å². The first-order chi connectivity index (χ1) is 13.7. The number of aliphatic imine (C=N–C) groups is 1. The number of nitrogens with one attached hydrogen (secondary N) is 2. The van der Waals surface area contributed by atoms with E-state index in [4.69, 9.17) is 19.2 Å². The molecule has 29 heavy (non-hydrogen) atoms. The second kappa shape index (κ2) is 15.7. The number of nitrogens with zero attached hydrogens (tertiary/aromatic N) is 1. The normalized spacial score (nSPS) is 14.5. The van der Waals surface area contributed by atoms with Crippen molar-refractivity contribution in [1.29, 1.82) is 0 Å². The summed E-state index contributed by atoms with van der Waals surface area (Å²) >= 11 is 0. The van der Waals surface area contributed by atoms with Crippen LogP contribution in [0.4, 0.5) is 0 Å². The van der Waals surface area contributed by atoms with Crippen LogP contribution in [-0.4, -0.2) is 52.1 Å². The summed E-state index contributed by atoms with van der Waals surface area (Å²) in [5, 5.41) is 6.70. The highest BCUT2D eigenvalue weighted by molar-refractivity contribution is 14.0. The van der Waals surface area contributed by atoms with Crippen LogP contribution in [0.15, 0.2) is 23.2 Å². The number of aryl methyl sites for hydroxylation is 1. The van der Waals surface area contributed by atoms with Crippen molar-refractivity contribution >= 4 is 29.9 Å². The zero-order chi connectivity index (χ0) is 20.0. The molecule has 6 nitrogen and oxygen atoms in total. The monoisotopic (exact) mass is 519 g/mol. The zero-order valence-electron chi connectivity index (χ0n) is 18.2. The second-order valence-electron chi connectivity index (χ2n) is 7.21. The van der Waals surface area contributed by atoms with E-state index in [0.29, 0.717) is 25.9 Å². The van der Waals surface area contributed by atoms with E-state index >= 15 is 0 Å². The minimum absolute atomic E-state index is 0. The Hall–Kier alpha value is -1.06. The number of ether oxygens (including phenoxy) is 3. The van der Waals surface area contributed by atoms with Crippen molar-refractivity contribution in [2.45, 2.75) is 58.6 Å². The van der Waals surface area contributed by atoms with E-state index in [2.05, 4.69) is 42.7 Å². The molecule has 1 aromatic carbocycles. The summed E-state index contributed by atoms with van der Waals surface area (Å²) in [5.41, 5.74) is 2.25. The Labute approximate surface area is 193 Å². The molecule has 2 N–H and O–H groups in total. The molecule has 1 fully saturated rings. The van der Waals surface area contributed by atoms with Gasteiger partial charge in [-0.25, -0.2) is 4.99 Å². The summed E-state index contributed by atoms with van der Waals surface area (Å²) < 4.78 is 16.9. The third-order valence-electron chi connectivity index (χ3n) is 4.79. The van der Waals surface area contributed by atoms with E-state index in [9.17, 15) is 0 Å². The van der Waals surface area contributed by atoms with Crippen LogP contribution in [0.5, 0.6) is 5.75 Å². The molecule has 7 heteroatoms. The molecule has 2 rings (SSSR count). The molecule has 1 aliphatic carbocycles. The fourth-order valence-corrected chi connectivity index (χ4v) is 3.25. The molecule has 0 aromatic heterocycles. The maximum Gasteiger partial charge on any atom is 0.191 e. The maximum absolute atomic E-state index is 5.92. The first-order valence-corrected chi connectivity index (χ1v) is 10.6. The van der Waals surface area contributed by atoms with Crippen molar-refractivity contribution < 1.29 is 14.2 Å². The second-order valence-corrected chi connectivity index (χ2v) is 7.21. The van der Waals surface area contributed by atoms with Gasteiger partial charge in [-0.1, -0.05) is 25.0 Å². The summed E-state index contributed by atoms with van der Waals surface area (Å²) in [5.74, 6) is 1.70. The number of benzene rings is 1. The molecule has 0 heterocycles. The first kappa shape index (κ1) is 26.0. The van der Waals surface area contributed by atoms with Crippen LogP contribution in [0.1, 0.15) is 50.2 Å². The summed E-state index contributed by atoms with van der Waals surface area (Å²) in [6.45, 7) is 8.31. The Bertz CT molecular complexity index is 593. The van der Waals surface area contributed by atoms with Gasteiger partial charge < -0.3 is 24.8 Å². The molecule has 0 radical (unpaired) electrons. The molecule has 1 aromatic rings. The van der Waals surface area contributed by atoms with Gasteiger partial charge >= 0.3 is 0 Å². The number of rotatable bonds is 12. The lowest BCUT2D eigenvalue weighted by atomic mass is 10.1. The third-order valence-corrected chi connectivity index (χ3v) is 4.79. The van der Waals surface area contributed by atoms with Crippen LogP contribution in [0.25, 0.3) is 0 Å². The van der Waals surface area contributed by atoms with Gasteiger partial charge in [-0.3, -0.25) is 0 Å². The van der Waals surface area contributed by atoms with Crippen molar-refractivity contribution in [3.8, 4) is 5.75 Å². The molecule has 0 aliphatic heterocycles. The van der Waals surface area contributed by atoms with Crippen molar-refractivity contribution in [2.75, 3.05) is 40.0 Å². The van der Waals surface area contributed by atoms with Crippen molar-refractivity contribution in [3.63, 3.8) is 0 Å². The van der Waals surface area contributed by atoms with Crippen molar-refractivity contribution in [1.82, 2.24) is 10.6 Å². The molecule has 0 atom stereocenters. The molecule has 0 bridgehead atoms. The van der Waals surface area contributed by atoms with Gasteiger partial charge in [-0.05, 0) is 44.7 Å². The lowest BCUT2D eigenvalue weighted by Crippen LogP contribution is -2.38. The molecular weight excluding hydrogens is 481 g/mol. The molecule has 0 amide bonds. The molecule has 1 aliphatic rings. The predicted molar refractivity (Wildman–Crippen MR) is 130 cm³/mol. The molecule has 0 spiro atoms. The standard InChI is InChI=1S/C22H37N3O3.HI/c1-4-23-22(24-12-7-13-27-20-8-5-6-9-20)25-17-19-11-10-18(2)16-21(19)28-15-14-26-3;/h10-11,16,20H,4-9,12-15,17H2,1-3H3,(H2,23,24,25);1H. The van der Waals surface area contributed by atoms with Crippen LogP contribution in [0, 0.1) is 6.92 Å². The van der Waals surface area contributed by atoms with Crippen LogP contribution >= 0.6 is 24.0 Å².